The number of rotatable bonds is 2. The third-order valence-corrected chi connectivity index (χ3v) is 4.13. The lowest BCUT2D eigenvalue weighted by Gasteiger charge is -2.08. The maximum absolute atomic E-state index is 12.5. The maximum Gasteiger partial charge on any atom is 0.262 e. The van der Waals surface area contributed by atoms with Crippen LogP contribution >= 0.6 is 22.9 Å². The van der Waals surface area contributed by atoms with Crippen LogP contribution in [0.5, 0.6) is 0 Å². The number of fused-ring (bicyclic) bond motifs is 1. The fourth-order valence-electron chi connectivity index (χ4n) is 2.14. The minimum absolute atomic E-state index is 0.0325. The van der Waals surface area contributed by atoms with Gasteiger partial charge < -0.3 is 4.57 Å². The molecule has 3 aromatic rings. The van der Waals surface area contributed by atoms with Crippen LogP contribution in [0, 0.1) is 6.92 Å². The molecule has 1 amide bonds. The van der Waals surface area contributed by atoms with E-state index >= 15 is 0 Å². The zero-order chi connectivity index (χ0) is 15.9. The SMILES string of the molecule is Cc1nnc(NC(=O)c2cn(C)c3ccc(Cl)cc3c2=O)s1. The van der Waals surface area contributed by atoms with Crippen LogP contribution in [0.3, 0.4) is 0 Å². The summed E-state index contributed by atoms with van der Waals surface area (Å²) in [5.41, 5.74) is 0.372. The third kappa shape index (κ3) is 2.60. The molecule has 1 aromatic carbocycles. The highest BCUT2D eigenvalue weighted by Gasteiger charge is 2.16. The first-order valence-electron chi connectivity index (χ1n) is 6.36. The zero-order valence-corrected chi connectivity index (χ0v) is 13.3. The van der Waals surface area contributed by atoms with Crippen molar-refractivity contribution in [1.82, 2.24) is 14.8 Å². The molecule has 0 bridgehead atoms. The lowest BCUT2D eigenvalue weighted by Crippen LogP contribution is -2.23. The molecular formula is C14H11ClN4O2S. The molecule has 8 heteroatoms. The van der Waals surface area contributed by atoms with E-state index in [0.717, 1.165) is 5.01 Å². The van der Waals surface area contributed by atoms with Crippen molar-refractivity contribution in [3.05, 3.63) is 50.2 Å². The van der Waals surface area contributed by atoms with Gasteiger partial charge in [0.05, 0.1) is 5.52 Å². The molecule has 22 heavy (non-hydrogen) atoms. The molecule has 0 fully saturated rings. The summed E-state index contributed by atoms with van der Waals surface area (Å²) < 4.78 is 1.72. The molecule has 0 aliphatic rings. The van der Waals surface area contributed by atoms with E-state index in [-0.39, 0.29) is 11.0 Å². The van der Waals surface area contributed by atoms with E-state index in [2.05, 4.69) is 15.5 Å². The van der Waals surface area contributed by atoms with Gasteiger partial charge in [-0.25, -0.2) is 0 Å². The van der Waals surface area contributed by atoms with Crippen molar-refractivity contribution in [2.75, 3.05) is 5.32 Å². The molecule has 6 nitrogen and oxygen atoms in total. The molecule has 112 valence electrons. The van der Waals surface area contributed by atoms with Crippen molar-refractivity contribution in [3.8, 4) is 0 Å². The van der Waals surface area contributed by atoms with E-state index in [1.165, 1.54) is 17.5 Å². The Labute approximate surface area is 134 Å². The second kappa shape index (κ2) is 5.51. The van der Waals surface area contributed by atoms with Crippen LogP contribution in [0.4, 0.5) is 5.13 Å². The number of carbonyl (C=O) groups excluding carboxylic acids is 1. The predicted octanol–water partition coefficient (Wildman–Crippen LogP) is 2.60. The molecule has 0 aliphatic carbocycles. The van der Waals surface area contributed by atoms with Crippen molar-refractivity contribution in [3.63, 3.8) is 0 Å². The van der Waals surface area contributed by atoms with Gasteiger partial charge in [-0.3, -0.25) is 14.9 Å². The van der Waals surface area contributed by atoms with Crippen molar-refractivity contribution in [1.29, 1.82) is 0 Å². The van der Waals surface area contributed by atoms with Crippen LogP contribution in [0.1, 0.15) is 15.4 Å². The van der Waals surface area contributed by atoms with Crippen LogP contribution < -0.4 is 10.7 Å². The molecule has 2 aromatic heterocycles. The number of hydrogen-bond donors (Lipinski definition) is 1. The summed E-state index contributed by atoms with van der Waals surface area (Å²) in [6.07, 6.45) is 1.50. The smallest absolute Gasteiger partial charge is 0.262 e. The minimum Gasteiger partial charge on any atom is -0.350 e. The van der Waals surface area contributed by atoms with Gasteiger partial charge in [0.2, 0.25) is 10.6 Å². The largest absolute Gasteiger partial charge is 0.350 e. The summed E-state index contributed by atoms with van der Waals surface area (Å²) in [5, 5.41) is 12.2. The molecule has 3 rings (SSSR count). The van der Waals surface area contributed by atoms with Gasteiger partial charge >= 0.3 is 0 Å². The average Bonchev–Trinajstić information content (AvgIpc) is 2.87. The van der Waals surface area contributed by atoms with Gasteiger partial charge in [-0.2, -0.15) is 0 Å². The lowest BCUT2D eigenvalue weighted by molar-refractivity contribution is 0.102. The predicted molar refractivity (Wildman–Crippen MR) is 86.8 cm³/mol. The molecule has 0 saturated heterocycles. The summed E-state index contributed by atoms with van der Waals surface area (Å²) >= 11 is 7.18. The Morgan fingerprint density at radius 1 is 1.36 bits per heavy atom. The van der Waals surface area contributed by atoms with Gasteiger partial charge in [-0.05, 0) is 25.1 Å². The molecule has 0 aliphatic heterocycles. The Hall–Kier alpha value is -2.25. The number of anilines is 1. The number of nitrogens with zero attached hydrogens (tertiary/aromatic N) is 3. The van der Waals surface area contributed by atoms with Crippen LogP contribution in [-0.2, 0) is 7.05 Å². The first-order chi connectivity index (χ1) is 10.5. The highest BCUT2D eigenvalue weighted by atomic mass is 35.5. The standard InChI is InChI=1S/C14H11ClN4O2S/c1-7-17-18-14(22-7)16-13(21)10-6-19(2)11-4-3-8(15)5-9(11)12(10)20/h3-6H,1-2H3,(H,16,18,21). The second-order valence-corrected chi connectivity index (χ2v) is 6.34. The van der Waals surface area contributed by atoms with E-state index in [0.29, 0.717) is 21.1 Å². The number of aryl methyl sites for hydroxylation is 2. The zero-order valence-electron chi connectivity index (χ0n) is 11.8. The topological polar surface area (TPSA) is 76.9 Å². The van der Waals surface area contributed by atoms with Crippen LogP contribution in [-0.4, -0.2) is 20.7 Å². The Bertz CT molecular complexity index is 948. The number of halogens is 1. The lowest BCUT2D eigenvalue weighted by atomic mass is 10.1. The van der Waals surface area contributed by atoms with Crippen molar-refractivity contribution < 1.29 is 4.79 Å². The fraction of sp³-hybridized carbons (Fsp3) is 0.143. The number of pyridine rings is 1. The second-order valence-electron chi connectivity index (χ2n) is 4.72. The molecule has 0 saturated carbocycles. The van der Waals surface area contributed by atoms with E-state index < -0.39 is 5.91 Å². The third-order valence-electron chi connectivity index (χ3n) is 3.14. The maximum atomic E-state index is 12.5. The van der Waals surface area contributed by atoms with Gasteiger partial charge in [0.15, 0.2) is 0 Å². The van der Waals surface area contributed by atoms with Gasteiger partial charge in [0, 0.05) is 23.7 Å². The summed E-state index contributed by atoms with van der Waals surface area (Å²) in [6.45, 7) is 1.78. The molecule has 1 N–H and O–H groups in total. The molecule has 0 spiro atoms. The Morgan fingerprint density at radius 3 is 2.82 bits per heavy atom. The summed E-state index contributed by atoms with van der Waals surface area (Å²) in [6, 6.07) is 5.01. The summed E-state index contributed by atoms with van der Waals surface area (Å²) in [4.78, 5) is 24.8. The van der Waals surface area contributed by atoms with E-state index in [9.17, 15) is 9.59 Å². The highest BCUT2D eigenvalue weighted by molar-refractivity contribution is 7.15. The molecule has 2 heterocycles. The first-order valence-corrected chi connectivity index (χ1v) is 7.55. The van der Waals surface area contributed by atoms with Crippen molar-refractivity contribution in [2.45, 2.75) is 6.92 Å². The van der Waals surface area contributed by atoms with Crippen molar-refractivity contribution >= 4 is 44.9 Å². The van der Waals surface area contributed by atoms with Crippen LogP contribution in [0.25, 0.3) is 10.9 Å². The molecule has 0 unspecified atom stereocenters. The number of hydrogen-bond acceptors (Lipinski definition) is 5. The van der Waals surface area contributed by atoms with Gasteiger partial charge in [-0.15, -0.1) is 10.2 Å². The summed E-state index contributed by atoms with van der Waals surface area (Å²) in [5.74, 6) is -0.515. The van der Waals surface area contributed by atoms with Gasteiger partial charge in [0.25, 0.3) is 5.91 Å². The normalized spacial score (nSPS) is 10.9. The molecule has 0 radical (unpaired) electrons. The van der Waals surface area contributed by atoms with Crippen molar-refractivity contribution in [2.24, 2.45) is 7.05 Å². The number of aromatic nitrogens is 3. The van der Waals surface area contributed by atoms with E-state index in [4.69, 9.17) is 11.6 Å². The van der Waals surface area contributed by atoms with Gasteiger partial charge in [0.1, 0.15) is 10.6 Å². The average molecular weight is 335 g/mol. The number of nitrogens with one attached hydrogen (secondary N) is 1. The van der Waals surface area contributed by atoms with E-state index in [1.807, 2.05) is 0 Å². The highest BCUT2D eigenvalue weighted by Crippen LogP contribution is 2.18. The van der Waals surface area contributed by atoms with E-state index in [1.54, 1.807) is 36.7 Å². The number of carbonyl (C=O) groups is 1. The Morgan fingerprint density at radius 2 is 2.14 bits per heavy atom. The Balaban J connectivity index is 2.09. The first kappa shape index (κ1) is 14.7. The van der Waals surface area contributed by atoms with Crippen LogP contribution in [0.15, 0.2) is 29.2 Å². The molecule has 0 atom stereocenters. The van der Waals surface area contributed by atoms with Crippen LogP contribution in [0.2, 0.25) is 5.02 Å². The monoisotopic (exact) mass is 334 g/mol. The summed E-state index contributed by atoms with van der Waals surface area (Å²) in [7, 11) is 1.77. The fourth-order valence-corrected chi connectivity index (χ4v) is 2.90. The van der Waals surface area contributed by atoms with Gasteiger partial charge in [-0.1, -0.05) is 22.9 Å². The quantitative estimate of drug-likeness (QED) is 0.781. The number of amides is 1. The minimum atomic E-state index is -0.515. The molecular weight excluding hydrogens is 324 g/mol. The number of benzene rings is 1. The Kier molecular flexibility index (Phi) is 3.67.